The molecule has 0 radical (unpaired) electrons. The third kappa shape index (κ3) is 5.51. The Bertz CT molecular complexity index is 762. The number of nitrogens with zero attached hydrogens (tertiary/aromatic N) is 2. The Balaban J connectivity index is 2.04. The van der Waals surface area contributed by atoms with Crippen molar-refractivity contribution in [1.82, 2.24) is 10.6 Å². The summed E-state index contributed by atoms with van der Waals surface area (Å²) in [6.45, 7) is 8.09. The van der Waals surface area contributed by atoms with Crippen LogP contribution in [-0.4, -0.2) is 64.7 Å². The molecule has 0 aromatic heterocycles. The topological polar surface area (TPSA) is 83.0 Å². The smallest absolute Gasteiger partial charge is 0.191 e. The first-order valence-corrected chi connectivity index (χ1v) is 11.2. The SMILES string of the molecule is CCNC(=NCC(C)(C)S(C)(=O)=O)NC1CCN(c2ccccc2OC)C1. The molecule has 0 aliphatic carbocycles. The van der Waals surface area contributed by atoms with Gasteiger partial charge in [-0.15, -0.1) is 0 Å². The van der Waals surface area contributed by atoms with Gasteiger partial charge in [0.15, 0.2) is 15.8 Å². The quantitative estimate of drug-likeness (QED) is 0.539. The fourth-order valence-electron chi connectivity index (χ4n) is 2.89. The molecule has 1 aliphatic heterocycles. The van der Waals surface area contributed by atoms with Crippen LogP contribution < -0.4 is 20.3 Å². The Morgan fingerprint density at radius 1 is 1.37 bits per heavy atom. The van der Waals surface area contributed by atoms with E-state index < -0.39 is 14.6 Å². The number of nitrogens with one attached hydrogen (secondary N) is 2. The average Bonchev–Trinajstić information content (AvgIpc) is 3.07. The van der Waals surface area contributed by atoms with Crippen molar-refractivity contribution in [3.63, 3.8) is 0 Å². The van der Waals surface area contributed by atoms with Gasteiger partial charge in [0.1, 0.15) is 5.75 Å². The number of sulfone groups is 1. The number of para-hydroxylation sites is 2. The minimum Gasteiger partial charge on any atom is -0.495 e. The molecule has 1 heterocycles. The van der Waals surface area contributed by atoms with Crippen LogP contribution in [0.5, 0.6) is 5.75 Å². The zero-order valence-corrected chi connectivity index (χ0v) is 17.8. The van der Waals surface area contributed by atoms with Crippen molar-refractivity contribution in [2.75, 3.05) is 44.4 Å². The zero-order chi connectivity index (χ0) is 20.1. The summed E-state index contributed by atoms with van der Waals surface area (Å²) < 4.78 is 28.4. The second kappa shape index (κ2) is 8.82. The summed E-state index contributed by atoms with van der Waals surface area (Å²) in [5.74, 6) is 1.52. The van der Waals surface area contributed by atoms with Gasteiger partial charge in [-0.05, 0) is 39.3 Å². The van der Waals surface area contributed by atoms with Gasteiger partial charge in [-0.1, -0.05) is 12.1 Å². The molecule has 1 aromatic carbocycles. The van der Waals surface area contributed by atoms with Crippen LogP contribution in [0.2, 0.25) is 0 Å². The van der Waals surface area contributed by atoms with Crippen molar-refractivity contribution in [3.05, 3.63) is 24.3 Å². The van der Waals surface area contributed by atoms with Crippen molar-refractivity contribution < 1.29 is 13.2 Å². The van der Waals surface area contributed by atoms with E-state index in [2.05, 4.69) is 26.6 Å². The maximum atomic E-state index is 11.9. The van der Waals surface area contributed by atoms with Gasteiger partial charge in [-0.25, -0.2) is 8.42 Å². The Labute approximate surface area is 163 Å². The molecule has 1 unspecified atom stereocenters. The Hall–Kier alpha value is -1.96. The summed E-state index contributed by atoms with van der Waals surface area (Å²) in [6, 6.07) is 8.24. The molecule has 1 aliphatic rings. The molecule has 1 atom stereocenters. The number of anilines is 1. The Kier molecular flexibility index (Phi) is 6.97. The van der Waals surface area contributed by atoms with Gasteiger partial charge in [0.2, 0.25) is 0 Å². The number of methoxy groups -OCH3 is 1. The van der Waals surface area contributed by atoms with Crippen molar-refractivity contribution in [2.24, 2.45) is 4.99 Å². The molecule has 0 bridgehead atoms. The monoisotopic (exact) mass is 396 g/mol. The van der Waals surface area contributed by atoms with Gasteiger partial charge in [-0.2, -0.15) is 0 Å². The number of aliphatic imine (C=N–C) groups is 1. The van der Waals surface area contributed by atoms with E-state index in [1.54, 1.807) is 21.0 Å². The number of rotatable bonds is 7. The summed E-state index contributed by atoms with van der Waals surface area (Å²) in [5.41, 5.74) is 1.09. The van der Waals surface area contributed by atoms with Crippen LogP contribution >= 0.6 is 0 Å². The number of guanidine groups is 1. The first-order valence-electron chi connectivity index (χ1n) is 9.30. The minimum absolute atomic E-state index is 0.212. The highest BCUT2D eigenvalue weighted by Gasteiger charge is 2.30. The van der Waals surface area contributed by atoms with Crippen LogP contribution in [0.4, 0.5) is 5.69 Å². The molecule has 7 nitrogen and oxygen atoms in total. The molecule has 0 spiro atoms. The van der Waals surface area contributed by atoms with Crippen LogP contribution in [-0.2, 0) is 9.84 Å². The molecular weight excluding hydrogens is 364 g/mol. The Morgan fingerprint density at radius 2 is 2.07 bits per heavy atom. The number of hydrogen-bond acceptors (Lipinski definition) is 5. The molecule has 8 heteroatoms. The summed E-state index contributed by atoms with van der Waals surface area (Å²) >= 11 is 0. The molecule has 1 fully saturated rings. The molecule has 27 heavy (non-hydrogen) atoms. The first kappa shape index (κ1) is 21.3. The minimum atomic E-state index is -3.18. The van der Waals surface area contributed by atoms with Crippen molar-refractivity contribution >= 4 is 21.5 Å². The lowest BCUT2D eigenvalue weighted by molar-refractivity contribution is 0.415. The lowest BCUT2D eigenvalue weighted by Crippen LogP contribution is -2.46. The van der Waals surface area contributed by atoms with E-state index in [9.17, 15) is 8.42 Å². The van der Waals surface area contributed by atoms with E-state index in [4.69, 9.17) is 4.74 Å². The summed E-state index contributed by atoms with van der Waals surface area (Å²) in [4.78, 5) is 6.81. The lowest BCUT2D eigenvalue weighted by Gasteiger charge is -2.23. The van der Waals surface area contributed by atoms with Crippen LogP contribution in [0.1, 0.15) is 27.2 Å². The van der Waals surface area contributed by atoms with E-state index in [0.717, 1.165) is 30.9 Å². The summed E-state index contributed by atoms with van der Waals surface area (Å²) in [6.07, 6.45) is 2.23. The largest absolute Gasteiger partial charge is 0.495 e. The van der Waals surface area contributed by atoms with Gasteiger partial charge >= 0.3 is 0 Å². The fourth-order valence-corrected chi connectivity index (χ4v) is 3.19. The van der Waals surface area contributed by atoms with Crippen LogP contribution in [0.3, 0.4) is 0 Å². The third-order valence-corrected chi connectivity index (χ3v) is 7.06. The molecule has 152 valence electrons. The predicted molar refractivity (Wildman–Crippen MR) is 112 cm³/mol. The standard InChI is InChI=1S/C19H32N4O3S/c1-6-20-18(21-14-19(2,3)27(5,24)25)22-15-11-12-23(13-15)16-9-7-8-10-17(16)26-4/h7-10,15H,6,11-14H2,1-5H3,(H2,20,21,22). The van der Waals surface area contributed by atoms with E-state index >= 15 is 0 Å². The highest BCUT2D eigenvalue weighted by atomic mass is 32.2. The molecule has 1 saturated heterocycles. The number of ether oxygens (including phenoxy) is 1. The summed E-state index contributed by atoms with van der Waals surface area (Å²) in [7, 11) is -1.49. The first-order chi connectivity index (χ1) is 12.7. The van der Waals surface area contributed by atoms with Gasteiger partial charge in [0, 0.05) is 31.9 Å². The van der Waals surface area contributed by atoms with Crippen molar-refractivity contribution in [1.29, 1.82) is 0 Å². The molecule has 2 N–H and O–H groups in total. The zero-order valence-electron chi connectivity index (χ0n) is 16.9. The molecular formula is C19H32N4O3S. The molecule has 0 amide bonds. The summed E-state index contributed by atoms with van der Waals surface area (Å²) in [5, 5.41) is 6.65. The predicted octanol–water partition coefficient (Wildman–Crippen LogP) is 1.65. The highest BCUT2D eigenvalue weighted by molar-refractivity contribution is 7.92. The van der Waals surface area contributed by atoms with E-state index in [1.807, 2.05) is 25.1 Å². The van der Waals surface area contributed by atoms with Gasteiger partial charge in [0.05, 0.1) is 24.1 Å². The van der Waals surface area contributed by atoms with E-state index in [1.165, 1.54) is 6.26 Å². The van der Waals surface area contributed by atoms with Gasteiger partial charge in [0.25, 0.3) is 0 Å². The Morgan fingerprint density at radius 3 is 2.70 bits per heavy atom. The van der Waals surface area contributed by atoms with Crippen LogP contribution in [0, 0.1) is 0 Å². The third-order valence-electron chi connectivity index (χ3n) is 4.92. The van der Waals surface area contributed by atoms with Gasteiger partial charge in [-0.3, -0.25) is 4.99 Å². The fraction of sp³-hybridized carbons (Fsp3) is 0.632. The van der Waals surface area contributed by atoms with Crippen LogP contribution in [0.15, 0.2) is 29.3 Å². The van der Waals surface area contributed by atoms with E-state index in [-0.39, 0.29) is 12.6 Å². The second-order valence-corrected chi connectivity index (χ2v) is 10.1. The van der Waals surface area contributed by atoms with E-state index in [0.29, 0.717) is 12.5 Å². The molecule has 1 aromatic rings. The number of hydrogen-bond donors (Lipinski definition) is 2. The normalized spacial score (nSPS) is 18.5. The number of benzene rings is 1. The van der Waals surface area contributed by atoms with Crippen molar-refractivity contribution in [2.45, 2.75) is 38.0 Å². The van der Waals surface area contributed by atoms with Gasteiger partial charge < -0.3 is 20.3 Å². The highest BCUT2D eigenvalue weighted by Crippen LogP contribution is 2.30. The average molecular weight is 397 g/mol. The lowest BCUT2D eigenvalue weighted by atomic mass is 10.2. The maximum absolute atomic E-state index is 11.9. The molecule has 2 rings (SSSR count). The van der Waals surface area contributed by atoms with Crippen LogP contribution in [0.25, 0.3) is 0 Å². The maximum Gasteiger partial charge on any atom is 0.191 e. The van der Waals surface area contributed by atoms with Crippen molar-refractivity contribution in [3.8, 4) is 5.75 Å². The second-order valence-electron chi connectivity index (χ2n) is 7.47. The molecule has 0 saturated carbocycles.